The Bertz CT molecular complexity index is 1380. The molecule has 0 amide bonds. The van der Waals surface area contributed by atoms with Crippen LogP contribution in [-0.2, 0) is 5.54 Å². The molecule has 2 aliphatic carbocycles. The average molecular weight is 497 g/mol. The van der Waals surface area contributed by atoms with Crippen LogP contribution >= 0.6 is 15.9 Å². The molecule has 4 aromatic rings. The molecule has 2 saturated carbocycles. The molecule has 2 aliphatic rings. The number of aliphatic hydroxyl groups is 2. The van der Waals surface area contributed by atoms with E-state index in [2.05, 4.69) is 30.9 Å². The van der Waals surface area contributed by atoms with E-state index in [1.807, 2.05) is 41.1 Å². The largest absolute Gasteiger partial charge is 0.493 e. The lowest BCUT2D eigenvalue weighted by atomic mass is 10.0. The second kappa shape index (κ2) is 6.77. The molecule has 32 heavy (non-hydrogen) atoms. The smallest absolute Gasteiger partial charge is 0.146 e. The van der Waals surface area contributed by atoms with Crippen molar-refractivity contribution in [1.29, 1.82) is 0 Å². The second-order valence-corrected chi connectivity index (χ2v) is 9.46. The topological polar surface area (TPSA) is 145 Å². The molecule has 0 saturated heterocycles. The maximum Gasteiger partial charge on any atom is 0.146 e. The highest BCUT2D eigenvalue weighted by Crippen LogP contribution is 2.64. The van der Waals surface area contributed by atoms with Crippen LogP contribution in [-0.4, -0.2) is 48.5 Å². The summed E-state index contributed by atoms with van der Waals surface area (Å²) in [6, 6.07) is 9.37. The van der Waals surface area contributed by atoms with Crippen molar-refractivity contribution in [3.8, 4) is 5.75 Å². The molecule has 3 aromatic heterocycles. The van der Waals surface area contributed by atoms with Crippen LogP contribution in [0.2, 0.25) is 0 Å². The number of aromatic nitrogens is 4. The first-order valence-electron chi connectivity index (χ1n) is 10.3. The minimum Gasteiger partial charge on any atom is -0.493 e. The Labute approximate surface area is 191 Å². The van der Waals surface area contributed by atoms with E-state index in [-0.39, 0.29) is 18.4 Å². The quantitative estimate of drug-likeness (QED) is 0.335. The highest BCUT2D eigenvalue weighted by atomic mass is 79.9. The lowest BCUT2D eigenvalue weighted by Crippen LogP contribution is -2.39. The highest BCUT2D eigenvalue weighted by molar-refractivity contribution is 9.10. The predicted molar refractivity (Wildman–Crippen MR) is 123 cm³/mol. The minimum absolute atomic E-state index is 0.0597. The van der Waals surface area contributed by atoms with Crippen molar-refractivity contribution in [3.05, 3.63) is 47.3 Å². The van der Waals surface area contributed by atoms with Gasteiger partial charge in [-0.25, -0.2) is 15.0 Å². The van der Waals surface area contributed by atoms with Gasteiger partial charge in [-0.2, -0.15) is 0 Å². The van der Waals surface area contributed by atoms with Gasteiger partial charge in [0.2, 0.25) is 0 Å². The summed E-state index contributed by atoms with van der Waals surface area (Å²) in [6.07, 6.45) is 2.18. The Hall–Kier alpha value is -2.95. The first-order chi connectivity index (χ1) is 15.4. The number of halogens is 1. The fraction of sp³-hybridized carbons (Fsp3) is 0.318. The molecular formula is C22H21BrN6O3. The van der Waals surface area contributed by atoms with Crippen molar-refractivity contribution in [2.24, 2.45) is 11.8 Å². The molecule has 164 valence electrons. The fourth-order valence-electron chi connectivity index (χ4n) is 5.28. The van der Waals surface area contributed by atoms with E-state index < -0.39 is 17.7 Å². The van der Waals surface area contributed by atoms with Gasteiger partial charge in [-0.3, -0.25) is 0 Å². The van der Waals surface area contributed by atoms with Gasteiger partial charge in [-0.15, -0.1) is 0 Å². The third-order valence-corrected chi connectivity index (χ3v) is 7.63. The molecule has 0 aliphatic heterocycles. The number of benzene rings is 1. The summed E-state index contributed by atoms with van der Waals surface area (Å²) in [5, 5.41) is 23.5. The second-order valence-electron chi connectivity index (χ2n) is 8.60. The van der Waals surface area contributed by atoms with E-state index in [0.717, 1.165) is 27.2 Å². The molecule has 6 N–H and O–H groups in total. The molecule has 6 rings (SSSR count). The number of fused-ring (bicyclic) bond motifs is 3. The van der Waals surface area contributed by atoms with Crippen molar-refractivity contribution < 1.29 is 14.9 Å². The molecule has 9 nitrogen and oxygen atoms in total. The summed E-state index contributed by atoms with van der Waals surface area (Å²) in [6.45, 7) is 0.276. The number of anilines is 2. The standard InChI is InChI=1S/C22H21BrN6O3/c23-15-5-10-1-2-11(6-16(10)28-20(15)25)32-8-13-14-7-22(14,18(31)17(13)30)29-4-3-12-19(24)26-9-27-21(12)29/h1-6,9,13-14,17-18,30-31H,7-8H2,(H2,25,28)(H2,24,26,27)/t13-,14-,17+,18+,22-/m0/s1. The van der Waals surface area contributed by atoms with Crippen LogP contribution < -0.4 is 16.2 Å². The van der Waals surface area contributed by atoms with E-state index >= 15 is 0 Å². The van der Waals surface area contributed by atoms with Gasteiger partial charge in [0.15, 0.2) is 0 Å². The van der Waals surface area contributed by atoms with E-state index in [4.69, 9.17) is 16.2 Å². The fourth-order valence-corrected chi connectivity index (χ4v) is 5.62. The Morgan fingerprint density at radius 2 is 2.00 bits per heavy atom. The Kier molecular flexibility index (Phi) is 4.17. The maximum atomic E-state index is 11.0. The lowest BCUT2D eigenvalue weighted by Gasteiger charge is -2.25. The molecular weight excluding hydrogens is 476 g/mol. The Morgan fingerprint density at radius 1 is 1.16 bits per heavy atom. The molecule has 5 atom stereocenters. The first kappa shape index (κ1) is 19.7. The molecule has 10 heteroatoms. The van der Waals surface area contributed by atoms with Gasteiger partial charge in [-0.1, -0.05) is 0 Å². The summed E-state index contributed by atoms with van der Waals surface area (Å²) >= 11 is 3.39. The molecule has 2 fully saturated rings. The molecule has 0 bridgehead atoms. The van der Waals surface area contributed by atoms with Crippen LogP contribution in [0.3, 0.4) is 0 Å². The number of nitrogens with two attached hydrogens (primary N) is 2. The zero-order valence-electron chi connectivity index (χ0n) is 16.9. The summed E-state index contributed by atoms with van der Waals surface area (Å²) in [5.41, 5.74) is 12.7. The average Bonchev–Trinajstić information content (AvgIpc) is 3.28. The van der Waals surface area contributed by atoms with Crippen LogP contribution in [0.1, 0.15) is 6.42 Å². The van der Waals surface area contributed by atoms with Gasteiger partial charge in [0.1, 0.15) is 35.5 Å². The van der Waals surface area contributed by atoms with E-state index in [1.165, 1.54) is 6.33 Å². The van der Waals surface area contributed by atoms with Crippen molar-refractivity contribution in [2.45, 2.75) is 24.2 Å². The molecule has 0 unspecified atom stereocenters. The van der Waals surface area contributed by atoms with E-state index in [0.29, 0.717) is 23.0 Å². The zero-order chi connectivity index (χ0) is 22.2. The normalized spacial score (nSPS) is 28.8. The number of hydrogen-bond acceptors (Lipinski definition) is 8. The first-order valence-corrected chi connectivity index (χ1v) is 11.1. The predicted octanol–water partition coefficient (Wildman–Crippen LogP) is 2.05. The van der Waals surface area contributed by atoms with Gasteiger partial charge in [-0.05, 0) is 52.5 Å². The number of rotatable bonds is 4. The number of pyridine rings is 1. The molecule has 0 spiro atoms. The third kappa shape index (κ3) is 2.66. The van der Waals surface area contributed by atoms with Crippen LogP contribution in [0.5, 0.6) is 5.75 Å². The Balaban J connectivity index is 1.26. The van der Waals surface area contributed by atoms with Crippen molar-refractivity contribution in [2.75, 3.05) is 18.1 Å². The third-order valence-electron chi connectivity index (χ3n) is 6.99. The van der Waals surface area contributed by atoms with Gasteiger partial charge >= 0.3 is 0 Å². The van der Waals surface area contributed by atoms with Crippen LogP contribution in [0.4, 0.5) is 11.6 Å². The summed E-state index contributed by atoms with van der Waals surface area (Å²) in [7, 11) is 0. The van der Waals surface area contributed by atoms with Crippen LogP contribution in [0.15, 0.2) is 47.3 Å². The van der Waals surface area contributed by atoms with Gasteiger partial charge in [0, 0.05) is 23.6 Å². The Morgan fingerprint density at radius 3 is 2.84 bits per heavy atom. The molecule has 3 heterocycles. The van der Waals surface area contributed by atoms with Crippen LogP contribution in [0, 0.1) is 11.8 Å². The monoisotopic (exact) mass is 496 g/mol. The van der Waals surface area contributed by atoms with E-state index in [9.17, 15) is 10.2 Å². The number of nitrogen functional groups attached to an aromatic ring is 2. The summed E-state index contributed by atoms with van der Waals surface area (Å²) in [4.78, 5) is 12.8. The summed E-state index contributed by atoms with van der Waals surface area (Å²) in [5.74, 6) is 1.28. The molecule has 1 aromatic carbocycles. The number of ether oxygens (including phenoxy) is 1. The van der Waals surface area contributed by atoms with Crippen molar-refractivity contribution >= 4 is 49.5 Å². The highest BCUT2D eigenvalue weighted by Gasteiger charge is 2.72. The van der Waals surface area contributed by atoms with Crippen molar-refractivity contribution in [1.82, 2.24) is 19.5 Å². The van der Waals surface area contributed by atoms with Gasteiger partial charge in [0.05, 0.1) is 33.6 Å². The number of aliphatic hydroxyl groups excluding tert-OH is 2. The summed E-state index contributed by atoms with van der Waals surface area (Å²) < 4.78 is 8.72. The maximum absolute atomic E-state index is 11.0. The lowest BCUT2D eigenvalue weighted by molar-refractivity contribution is -0.0250. The number of hydrogen-bond donors (Lipinski definition) is 4. The minimum atomic E-state index is -0.927. The molecule has 0 radical (unpaired) electrons. The van der Waals surface area contributed by atoms with Crippen LogP contribution in [0.25, 0.3) is 21.9 Å². The SMILES string of the molecule is Nc1nc2cc(OC[C@@H]3[C@@H](O)[C@@H](O)[C@]4(n5ccc6c(N)ncnc65)C[C@@H]34)ccc2cc1Br. The zero-order valence-corrected chi connectivity index (χ0v) is 18.5. The van der Waals surface area contributed by atoms with Gasteiger partial charge in [0.25, 0.3) is 0 Å². The van der Waals surface area contributed by atoms with E-state index in [1.54, 1.807) is 0 Å². The number of nitrogens with zero attached hydrogens (tertiary/aromatic N) is 4. The van der Waals surface area contributed by atoms with Gasteiger partial charge < -0.3 is 31.0 Å². The van der Waals surface area contributed by atoms with Crippen molar-refractivity contribution in [3.63, 3.8) is 0 Å².